The predicted molar refractivity (Wildman–Crippen MR) is 119 cm³/mol. The molecule has 0 unspecified atom stereocenters. The number of aromatic nitrogens is 4. The lowest BCUT2D eigenvalue weighted by atomic mass is 9.85. The summed E-state index contributed by atoms with van der Waals surface area (Å²) in [5.41, 5.74) is 7.64. The third kappa shape index (κ3) is 2.43. The number of carbonyl (C=O) groups excluding carboxylic acids is 1. The molecule has 0 spiro atoms. The van der Waals surface area contributed by atoms with Crippen LogP contribution in [-0.2, 0) is 23.1 Å². The Labute approximate surface area is 179 Å². The van der Waals surface area contributed by atoms with E-state index in [1.165, 1.54) is 11.1 Å². The summed E-state index contributed by atoms with van der Waals surface area (Å²) in [4.78, 5) is 23.1. The van der Waals surface area contributed by atoms with E-state index < -0.39 is 5.41 Å². The highest BCUT2D eigenvalue weighted by atomic mass is 16.5. The number of aryl methyl sites for hydroxylation is 2. The van der Waals surface area contributed by atoms with Crippen molar-refractivity contribution >= 4 is 28.2 Å². The number of hydrogen-bond acceptors (Lipinski definition) is 4. The van der Waals surface area contributed by atoms with Crippen LogP contribution in [0.1, 0.15) is 37.0 Å². The fourth-order valence-corrected chi connectivity index (χ4v) is 5.01. The Morgan fingerprint density at radius 1 is 1.16 bits per heavy atom. The van der Waals surface area contributed by atoms with E-state index in [4.69, 9.17) is 4.74 Å². The fourth-order valence-electron chi connectivity index (χ4n) is 5.01. The number of fused-ring (bicyclic) bond motifs is 6. The van der Waals surface area contributed by atoms with Gasteiger partial charge < -0.3 is 9.72 Å². The Hall–Kier alpha value is -3.61. The van der Waals surface area contributed by atoms with Crippen molar-refractivity contribution in [2.45, 2.75) is 38.5 Å². The van der Waals surface area contributed by atoms with Crippen LogP contribution in [0.25, 0.3) is 22.3 Å². The maximum atomic E-state index is 13.5. The zero-order valence-electron chi connectivity index (χ0n) is 17.7. The van der Waals surface area contributed by atoms with Gasteiger partial charge in [-0.15, -0.1) is 0 Å². The first-order chi connectivity index (χ1) is 15.0. The lowest BCUT2D eigenvalue weighted by molar-refractivity contribution is -0.121. The van der Waals surface area contributed by atoms with Gasteiger partial charge in [-0.2, -0.15) is 5.10 Å². The first kappa shape index (κ1) is 18.2. The van der Waals surface area contributed by atoms with Crippen LogP contribution in [-0.4, -0.2) is 33.2 Å². The van der Waals surface area contributed by atoms with Gasteiger partial charge in [0.25, 0.3) is 0 Å². The molecule has 1 aromatic carbocycles. The molecule has 1 aliphatic heterocycles. The van der Waals surface area contributed by atoms with Gasteiger partial charge in [-0.3, -0.25) is 19.8 Å². The Bertz CT molecular complexity index is 1360. The van der Waals surface area contributed by atoms with Crippen LogP contribution in [0.2, 0.25) is 0 Å². The number of nitrogens with zero attached hydrogens (tertiary/aromatic N) is 3. The SMILES string of the molecule is COc1cncc(N2C(=O)C(C)(C)c3cc4[nH]c5c(c4cc32)CCCc2c[nH]nc2-5)c1. The minimum atomic E-state index is -0.646. The lowest BCUT2D eigenvalue weighted by Gasteiger charge is -2.20. The summed E-state index contributed by atoms with van der Waals surface area (Å²) in [7, 11) is 1.60. The molecular weight excluding hydrogens is 390 g/mol. The molecule has 4 heterocycles. The number of ether oxygens (including phenoxy) is 1. The largest absolute Gasteiger partial charge is 0.495 e. The molecular formula is C24H23N5O2. The number of pyridine rings is 1. The smallest absolute Gasteiger partial charge is 0.241 e. The van der Waals surface area contributed by atoms with Crippen LogP contribution >= 0.6 is 0 Å². The van der Waals surface area contributed by atoms with Crippen molar-refractivity contribution in [1.29, 1.82) is 0 Å². The van der Waals surface area contributed by atoms with E-state index in [0.29, 0.717) is 11.4 Å². The predicted octanol–water partition coefficient (Wildman–Crippen LogP) is 4.41. The van der Waals surface area contributed by atoms with Crippen LogP contribution in [0, 0.1) is 0 Å². The van der Waals surface area contributed by atoms with Gasteiger partial charge >= 0.3 is 0 Å². The Balaban J connectivity index is 1.60. The van der Waals surface area contributed by atoms with Gasteiger partial charge in [-0.05, 0) is 61.9 Å². The molecule has 2 aliphatic rings. The third-order valence-electron chi connectivity index (χ3n) is 6.70. The molecule has 0 saturated carbocycles. The van der Waals surface area contributed by atoms with E-state index in [1.807, 2.05) is 26.1 Å². The van der Waals surface area contributed by atoms with Crippen molar-refractivity contribution in [1.82, 2.24) is 20.2 Å². The molecule has 4 aromatic rings. The Morgan fingerprint density at radius 3 is 2.87 bits per heavy atom. The van der Waals surface area contributed by atoms with E-state index in [-0.39, 0.29) is 5.91 Å². The summed E-state index contributed by atoms with van der Waals surface area (Å²) in [6.07, 6.45) is 8.40. The maximum Gasteiger partial charge on any atom is 0.241 e. The molecule has 1 amide bonds. The Morgan fingerprint density at radius 2 is 2.03 bits per heavy atom. The van der Waals surface area contributed by atoms with Crippen molar-refractivity contribution in [3.63, 3.8) is 0 Å². The van der Waals surface area contributed by atoms with E-state index >= 15 is 0 Å². The second-order valence-corrected chi connectivity index (χ2v) is 8.85. The summed E-state index contributed by atoms with van der Waals surface area (Å²) in [6.45, 7) is 3.96. The highest BCUT2D eigenvalue weighted by molar-refractivity contribution is 6.14. The number of rotatable bonds is 2. The molecule has 0 radical (unpaired) electrons. The standard InChI is InChI=1S/C24H23N5O2/c1-24(2)18-9-19-17(16-6-4-5-13-10-26-28-21(13)22(16)27-19)8-20(18)29(23(24)30)14-7-15(31-3)12-25-11-14/h7-12,27H,4-6H2,1-3H3,(H,26,28). The summed E-state index contributed by atoms with van der Waals surface area (Å²) in [6, 6.07) is 6.15. The molecule has 2 N–H and O–H groups in total. The molecule has 31 heavy (non-hydrogen) atoms. The van der Waals surface area contributed by atoms with E-state index in [2.05, 4.69) is 32.3 Å². The summed E-state index contributed by atoms with van der Waals surface area (Å²) in [5, 5.41) is 8.68. The number of methoxy groups -OCH3 is 1. The third-order valence-corrected chi connectivity index (χ3v) is 6.70. The van der Waals surface area contributed by atoms with Crippen molar-refractivity contribution in [3.05, 3.63) is 53.5 Å². The topological polar surface area (TPSA) is 86.9 Å². The molecule has 1 aliphatic carbocycles. The van der Waals surface area contributed by atoms with Gasteiger partial charge in [0.2, 0.25) is 5.91 Å². The Kier molecular flexibility index (Phi) is 3.64. The summed E-state index contributed by atoms with van der Waals surface area (Å²) < 4.78 is 5.35. The lowest BCUT2D eigenvalue weighted by Crippen LogP contribution is -2.33. The second-order valence-electron chi connectivity index (χ2n) is 8.85. The first-order valence-electron chi connectivity index (χ1n) is 10.5. The maximum absolute atomic E-state index is 13.5. The van der Waals surface area contributed by atoms with Crippen LogP contribution in [0.15, 0.2) is 36.8 Å². The molecule has 0 atom stereocenters. The number of H-pyrrole nitrogens is 2. The number of hydrogen-bond donors (Lipinski definition) is 2. The number of nitrogens with one attached hydrogen (secondary N) is 2. The number of carbonyl (C=O) groups is 1. The molecule has 7 nitrogen and oxygen atoms in total. The molecule has 0 bridgehead atoms. The van der Waals surface area contributed by atoms with E-state index in [9.17, 15) is 4.79 Å². The monoisotopic (exact) mass is 413 g/mol. The van der Waals surface area contributed by atoms with Crippen molar-refractivity contribution < 1.29 is 9.53 Å². The van der Waals surface area contributed by atoms with Crippen LogP contribution in [0.3, 0.4) is 0 Å². The number of benzene rings is 1. The number of aromatic amines is 2. The van der Waals surface area contributed by atoms with Gasteiger partial charge in [-0.1, -0.05) is 0 Å². The highest BCUT2D eigenvalue weighted by Crippen LogP contribution is 2.48. The molecule has 0 fully saturated rings. The van der Waals surface area contributed by atoms with Crippen molar-refractivity contribution in [3.8, 4) is 17.1 Å². The van der Waals surface area contributed by atoms with Crippen molar-refractivity contribution in [2.75, 3.05) is 12.0 Å². The quantitative estimate of drug-likeness (QED) is 0.510. The van der Waals surface area contributed by atoms with Gasteiger partial charge in [0.1, 0.15) is 11.4 Å². The summed E-state index contributed by atoms with van der Waals surface area (Å²) >= 11 is 0. The molecule has 7 heteroatoms. The minimum Gasteiger partial charge on any atom is -0.495 e. The van der Waals surface area contributed by atoms with Crippen molar-refractivity contribution in [2.24, 2.45) is 0 Å². The van der Waals surface area contributed by atoms with Gasteiger partial charge in [0, 0.05) is 23.2 Å². The second kappa shape index (κ2) is 6.20. The fraction of sp³-hybridized carbons (Fsp3) is 0.292. The zero-order valence-corrected chi connectivity index (χ0v) is 17.7. The van der Waals surface area contributed by atoms with Crippen LogP contribution < -0.4 is 9.64 Å². The van der Waals surface area contributed by atoms with Gasteiger partial charge in [0.05, 0.1) is 42.0 Å². The zero-order chi connectivity index (χ0) is 21.3. The molecule has 0 saturated heterocycles. The van der Waals surface area contributed by atoms with Gasteiger partial charge in [0.15, 0.2) is 0 Å². The summed E-state index contributed by atoms with van der Waals surface area (Å²) in [5.74, 6) is 0.657. The number of anilines is 2. The van der Waals surface area contributed by atoms with E-state index in [0.717, 1.165) is 52.8 Å². The normalized spacial score (nSPS) is 16.7. The van der Waals surface area contributed by atoms with E-state index in [1.54, 1.807) is 24.4 Å². The van der Waals surface area contributed by atoms with Gasteiger partial charge in [-0.25, -0.2) is 0 Å². The number of amides is 1. The average molecular weight is 413 g/mol. The highest BCUT2D eigenvalue weighted by Gasteiger charge is 2.45. The first-order valence-corrected chi connectivity index (χ1v) is 10.5. The molecule has 6 rings (SSSR count). The molecule has 3 aromatic heterocycles. The minimum absolute atomic E-state index is 0.0332. The van der Waals surface area contributed by atoms with Crippen LogP contribution in [0.4, 0.5) is 11.4 Å². The van der Waals surface area contributed by atoms with Crippen LogP contribution in [0.5, 0.6) is 5.75 Å². The average Bonchev–Trinajstić information content (AvgIpc) is 3.39. The molecule has 156 valence electrons.